The van der Waals surface area contributed by atoms with Crippen molar-refractivity contribution in [1.29, 1.82) is 0 Å². The molecule has 0 bridgehead atoms. The molecule has 0 saturated carbocycles. The van der Waals surface area contributed by atoms with Gasteiger partial charge >= 0.3 is 0 Å². The molecule has 0 fully saturated rings. The molecule has 6 nitrogen and oxygen atoms in total. The van der Waals surface area contributed by atoms with E-state index < -0.39 is 0 Å². The van der Waals surface area contributed by atoms with Gasteiger partial charge in [-0.15, -0.1) is 15.3 Å². The lowest BCUT2D eigenvalue weighted by atomic mass is 10.2. The van der Waals surface area contributed by atoms with E-state index in [2.05, 4.69) is 44.8 Å². The van der Waals surface area contributed by atoms with E-state index in [1.807, 2.05) is 46.6 Å². The van der Waals surface area contributed by atoms with Crippen LogP contribution in [0.2, 0.25) is 0 Å². The van der Waals surface area contributed by atoms with Crippen molar-refractivity contribution in [2.45, 2.75) is 18.1 Å². The van der Waals surface area contributed by atoms with Crippen LogP contribution in [0.3, 0.4) is 0 Å². The van der Waals surface area contributed by atoms with Gasteiger partial charge in [0.2, 0.25) is 0 Å². The summed E-state index contributed by atoms with van der Waals surface area (Å²) in [6, 6.07) is 18.4. The van der Waals surface area contributed by atoms with E-state index in [0.29, 0.717) is 6.54 Å². The predicted molar refractivity (Wildman–Crippen MR) is 98.5 cm³/mol. The molecule has 2 aromatic heterocycles. The van der Waals surface area contributed by atoms with E-state index >= 15 is 0 Å². The number of hydrogen-bond donors (Lipinski definition) is 0. The van der Waals surface area contributed by atoms with Gasteiger partial charge in [0.1, 0.15) is 12.1 Å². The summed E-state index contributed by atoms with van der Waals surface area (Å²) in [6.07, 6.45) is 1.02. The lowest BCUT2D eigenvalue weighted by Crippen LogP contribution is -2.08. The summed E-state index contributed by atoms with van der Waals surface area (Å²) in [6.45, 7) is 0.559. The fourth-order valence-corrected chi connectivity index (χ4v) is 3.60. The van der Waals surface area contributed by atoms with Crippen molar-refractivity contribution >= 4 is 22.8 Å². The second kappa shape index (κ2) is 7.06. The minimum absolute atomic E-state index is 0.559. The number of aryl methyl sites for hydroxylation is 1. The average Bonchev–Trinajstić information content (AvgIpc) is 3.21. The van der Waals surface area contributed by atoms with Gasteiger partial charge in [-0.3, -0.25) is 0 Å². The highest BCUT2D eigenvalue weighted by Crippen LogP contribution is 2.18. The van der Waals surface area contributed by atoms with Crippen molar-refractivity contribution in [2.24, 2.45) is 7.05 Å². The van der Waals surface area contributed by atoms with Gasteiger partial charge in [0, 0.05) is 12.8 Å². The molecule has 126 valence electrons. The van der Waals surface area contributed by atoms with Gasteiger partial charge in [-0.2, -0.15) is 0 Å². The molecule has 0 amide bonds. The number of aromatic nitrogens is 6. The van der Waals surface area contributed by atoms with Crippen molar-refractivity contribution in [3.63, 3.8) is 0 Å². The van der Waals surface area contributed by atoms with E-state index in [0.717, 1.165) is 34.2 Å². The van der Waals surface area contributed by atoms with Gasteiger partial charge in [-0.25, -0.2) is 4.68 Å². The highest BCUT2D eigenvalue weighted by Gasteiger charge is 2.12. The van der Waals surface area contributed by atoms with E-state index in [1.165, 1.54) is 5.56 Å². The minimum Gasteiger partial charge on any atom is -0.308 e. The summed E-state index contributed by atoms with van der Waals surface area (Å²) < 4.78 is 3.89. The Bertz CT molecular complexity index is 976. The molecule has 4 aromatic rings. The van der Waals surface area contributed by atoms with Gasteiger partial charge in [-0.1, -0.05) is 59.4 Å². The Morgan fingerprint density at radius 2 is 1.72 bits per heavy atom. The van der Waals surface area contributed by atoms with Crippen LogP contribution in [0, 0.1) is 0 Å². The molecule has 2 aromatic carbocycles. The number of fused-ring (bicyclic) bond motifs is 1. The van der Waals surface area contributed by atoms with Crippen molar-refractivity contribution in [3.8, 4) is 0 Å². The number of rotatable bonds is 6. The smallest absolute Gasteiger partial charge is 0.191 e. The highest BCUT2D eigenvalue weighted by molar-refractivity contribution is 7.99. The van der Waals surface area contributed by atoms with E-state index in [-0.39, 0.29) is 0 Å². The zero-order valence-electron chi connectivity index (χ0n) is 13.9. The molecule has 7 heteroatoms. The second-order valence-electron chi connectivity index (χ2n) is 5.78. The Hall–Kier alpha value is -2.67. The van der Waals surface area contributed by atoms with E-state index in [1.54, 1.807) is 11.8 Å². The topological polar surface area (TPSA) is 61.4 Å². The van der Waals surface area contributed by atoms with Gasteiger partial charge in [0.05, 0.1) is 5.52 Å². The SMILES string of the molecule is Cn1c(Cn2nnc3ccccc32)nnc1SCCc1ccccc1. The van der Waals surface area contributed by atoms with Gasteiger partial charge in [-0.05, 0) is 24.1 Å². The molecule has 0 saturated heterocycles. The first kappa shape index (κ1) is 15.8. The summed E-state index contributed by atoms with van der Waals surface area (Å²) in [5.41, 5.74) is 3.23. The molecular weight excluding hydrogens is 332 g/mol. The summed E-state index contributed by atoms with van der Waals surface area (Å²) in [4.78, 5) is 0. The summed E-state index contributed by atoms with van der Waals surface area (Å²) in [5.74, 6) is 1.85. The molecule has 0 aliphatic rings. The second-order valence-corrected chi connectivity index (χ2v) is 6.84. The number of para-hydroxylation sites is 1. The first-order valence-electron chi connectivity index (χ1n) is 8.14. The van der Waals surface area contributed by atoms with Crippen LogP contribution < -0.4 is 0 Å². The van der Waals surface area contributed by atoms with Crippen LogP contribution in [0.25, 0.3) is 11.0 Å². The Morgan fingerprint density at radius 3 is 2.60 bits per heavy atom. The van der Waals surface area contributed by atoms with Crippen LogP contribution >= 0.6 is 11.8 Å². The fraction of sp³-hybridized carbons (Fsp3) is 0.222. The Kier molecular flexibility index (Phi) is 4.47. The molecule has 25 heavy (non-hydrogen) atoms. The van der Waals surface area contributed by atoms with E-state index in [4.69, 9.17) is 0 Å². The molecule has 0 aliphatic carbocycles. The summed E-state index contributed by atoms with van der Waals surface area (Å²) >= 11 is 1.72. The third-order valence-electron chi connectivity index (χ3n) is 4.10. The van der Waals surface area contributed by atoms with Crippen LogP contribution in [-0.2, 0) is 20.0 Å². The van der Waals surface area contributed by atoms with Crippen LogP contribution in [0.5, 0.6) is 0 Å². The van der Waals surface area contributed by atoms with Gasteiger partial charge in [0.25, 0.3) is 0 Å². The van der Waals surface area contributed by atoms with Crippen molar-refractivity contribution in [3.05, 3.63) is 66.0 Å². The number of nitrogens with zero attached hydrogens (tertiary/aromatic N) is 6. The molecule has 0 atom stereocenters. The molecular formula is C18H18N6S. The minimum atomic E-state index is 0.559. The molecule has 0 spiro atoms. The van der Waals surface area contributed by atoms with Crippen LogP contribution in [0.15, 0.2) is 59.8 Å². The third-order valence-corrected chi connectivity index (χ3v) is 5.12. The molecule has 0 aliphatic heterocycles. The van der Waals surface area contributed by atoms with Crippen molar-refractivity contribution in [2.75, 3.05) is 5.75 Å². The van der Waals surface area contributed by atoms with Gasteiger partial charge in [0.15, 0.2) is 11.0 Å². The van der Waals surface area contributed by atoms with Crippen LogP contribution in [0.1, 0.15) is 11.4 Å². The predicted octanol–water partition coefficient (Wildman–Crippen LogP) is 2.94. The fourth-order valence-electron chi connectivity index (χ4n) is 2.68. The zero-order chi connectivity index (χ0) is 17.1. The monoisotopic (exact) mass is 350 g/mol. The zero-order valence-corrected chi connectivity index (χ0v) is 14.7. The largest absolute Gasteiger partial charge is 0.308 e. The third kappa shape index (κ3) is 3.41. The van der Waals surface area contributed by atoms with Crippen molar-refractivity contribution < 1.29 is 0 Å². The van der Waals surface area contributed by atoms with Crippen molar-refractivity contribution in [1.82, 2.24) is 29.8 Å². The highest BCUT2D eigenvalue weighted by atomic mass is 32.2. The number of thioether (sulfide) groups is 1. The normalized spacial score (nSPS) is 11.2. The first-order valence-corrected chi connectivity index (χ1v) is 9.13. The lowest BCUT2D eigenvalue weighted by molar-refractivity contribution is 0.613. The quantitative estimate of drug-likeness (QED) is 0.500. The lowest BCUT2D eigenvalue weighted by Gasteiger charge is -2.05. The average molecular weight is 350 g/mol. The molecule has 2 heterocycles. The molecule has 0 radical (unpaired) electrons. The van der Waals surface area contributed by atoms with Gasteiger partial charge < -0.3 is 4.57 Å². The number of benzene rings is 2. The first-order chi connectivity index (χ1) is 12.3. The Labute approximate surface area is 149 Å². The standard InChI is InChI=1S/C18H18N6S/c1-23-17(13-24-16-10-6-5-9-15(16)19-22-24)20-21-18(23)25-12-11-14-7-3-2-4-8-14/h2-10H,11-13H2,1H3. The summed E-state index contributed by atoms with van der Waals surface area (Å²) in [7, 11) is 2.00. The molecule has 4 rings (SSSR count). The maximum Gasteiger partial charge on any atom is 0.191 e. The Balaban J connectivity index is 1.44. The maximum atomic E-state index is 4.33. The van der Waals surface area contributed by atoms with Crippen LogP contribution in [0.4, 0.5) is 0 Å². The van der Waals surface area contributed by atoms with E-state index in [9.17, 15) is 0 Å². The number of hydrogen-bond acceptors (Lipinski definition) is 5. The van der Waals surface area contributed by atoms with Crippen LogP contribution in [-0.4, -0.2) is 35.5 Å². The molecule has 0 unspecified atom stereocenters. The maximum absolute atomic E-state index is 4.33. The summed E-state index contributed by atoms with van der Waals surface area (Å²) in [5, 5.41) is 18.0. The Morgan fingerprint density at radius 1 is 0.920 bits per heavy atom. The molecule has 0 N–H and O–H groups in total.